The number of benzene rings is 1. The van der Waals surface area contributed by atoms with E-state index in [1.807, 2.05) is 6.07 Å². The van der Waals surface area contributed by atoms with Gasteiger partial charge in [-0.3, -0.25) is 9.36 Å². The topological polar surface area (TPSA) is 58.7 Å². The predicted octanol–water partition coefficient (Wildman–Crippen LogP) is 1.96. The molecular formula is C11H8ClN3O. The van der Waals surface area contributed by atoms with Crippen LogP contribution in [0.3, 0.4) is 0 Å². The van der Waals surface area contributed by atoms with E-state index in [9.17, 15) is 4.79 Å². The molecule has 0 N–H and O–H groups in total. The Hall–Kier alpha value is -1.86. The van der Waals surface area contributed by atoms with Gasteiger partial charge in [-0.1, -0.05) is 17.7 Å². The number of nitriles is 1. The molecule has 80 valence electrons. The van der Waals surface area contributed by atoms with Crippen molar-refractivity contribution in [1.82, 2.24) is 9.55 Å². The Balaban J connectivity index is 2.63. The Morgan fingerprint density at radius 1 is 1.50 bits per heavy atom. The first-order valence-corrected chi connectivity index (χ1v) is 5.12. The molecule has 1 heterocycles. The van der Waals surface area contributed by atoms with Gasteiger partial charge in [0.2, 0.25) is 0 Å². The molecule has 0 spiro atoms. The highest BCUT2D eigenvalue weighted by Gasteiger charge is 2.05. The van der Waals surface area contributed by atoms with Crippen molar-refractivity contribution < 1.29 is 0 Å². The summed E-state index contributed by atoms with van der Waals surface area (Å²) in [5.74, 6) is 0. The molecule has 5 heteroatoms. The lowest BCUT2D eigenvalue weighted by Crippen LogP contribution is -2.20. The van der Waals surface area contributed by atoms with Crippen LogP contribution in [0.5, 0.6) is 0 Å². The van der Waals surface area contributed by atoms with E-state index in [0.717, 1.165) is 0 Å². The molecule has 0 radical (unpaired) electrons. The van der Waals surface area contributed by atoms with Crippen LogP contribution in [-0.4, -0.2) is 9.55 Å². The summed E-state index contributed by atoms with van der Waals surface area (Å²) >= 11 is 5.92. The molecule has 16 heavy (non-hydrogen) atoms. The van der Waals surface area contributed by atoms with Crippen LogP contribution < -0.4 is 5.56 Å². The second-order valence-corrected chi connectivity index (χ2v) is 3.69. The van der Waals surface area contributed by atoms with E-state index in [0.29, 0.717) is 22.5 Å². The van der Waals surface area contributed by atoms with Gasteiger partial charge in [0.1, 0.15) is 0 Å². The Labute approximate surface area is 96.7 Å². The number of rotatable bonds is 2. The van der Waals surface area contributed by atoms with Crippen molar-refractivity contribution in [3.8, 4) is 6.07 Å². The number of nitrogens with zero attached hydrogens (tertiary/aromatic N) is 3. The van der Waals surface area contributed by atoms with Crippen LogP contribution in [0.25, 0.3) is 10.9 Å². The van der Waals surface area contributed by atoms with Crippen molar-refractivity contribution in [2.75, 3.05) is 0 Å². The first-order chi connectivity index (χ1) is 7.74. The van der Waals surface area contributed by atoms with E-state index in [1.54, 1.807) is 18.2 Å². The van der Waals surface area contributed by atoms with E-state index in [4.69, 9.17) is 16.9 Å². The van der Waals surface area contributed by atoms with E-state index in [-0.39, 0.29) is 12.0 Å². The van der Waals surface area contributed by atoms with Crippen LogP contribution >= 0.6 is 11.6 Å². The van der Waals surface area contributed by atoms with Gasteiger partial charge in [0, 0.05) is 6.54 Å². The maximum Gasteiger partial charge on any atom is 0.261 e. The van der Waals surface area contributed by atoms with Crippen molar-refractivity contribution in [1.29, 1.82) is 5.26 Å². The molecule has 4 nitrogen and oxygen atoms in total. The Bertz CT molecular complexity index is 627. The first kappa shape index (κ1) is 10.7. The van der Waals surface area contributed by atoms with Gasteiger partial charge in [-0.15, -0.1) is 0 Å². The molecule has 0 saturated carbocycles. The van der Waals surface area contributed by atoms with Crippen LogP contribution in [-0.2, 0) is 6.54 Å². The molecule has 0 amide bonds. The average Bonchev–Trinajstić information content (AvgIpc) is 2.29. The fraction of sp³-hybridized carbons (Fsp3) is 0.182. The summed E-state index contributed by atoms with van der Waals surface area (Å²) in [5, 5.41) is 9.41. The van der Waals surface area contributed by atoms with Gasteiger partial charge in [0.15, 0.2) is 0 Å². The highest BCUT2D eigenvalue weighted by molar-refractivity contribution is 6.34. The van der Waals surface area contributed by atoms with Gasteiger partial charge in [0.25, 0.3) is 5.56 Å². The molecule has 0 bridgehead atoms. The second-order valence-electron chi connectivity index (χ2n) is 3.29. The number of para-hydroxylation sites is 1. The minimum absolute atomic E-state index is 0.164. The summed E-state index contributed by atoms with van der Waals surface area (Å²) in [5.41, 5.74) is 0.338. The quantitative estimate of drug-likeness (QED) is 0.797. The number of aryl methyl sites for hydroxylation is 1. The minimum atomic E-state index is -0.164. The largest absolute Gasteiger partial charge is 0.298 e. The van der Waals surface area contributed by atoms with Crippen molar-refractivity contribution in [3.63, 3.8) is 0 Å². The molecule has 0 saturated heterocycles. The average molecular weight is 234 g/mol. The number of hydrogen-bond donors (Lipinski definition) is 0. The Kier molecular flexibility index (Phi) is 2.88. The van der Waals surface area contributed by atoms with Gasteiger partial charge >= 0.3 is 0 Å². The molecule has 1 aromatic carbocycles. The molecule has 1 aromatic heterocycles. The van der Waals surface area contributed by atoms with Crippen LogP contribution in [0, 0.1) is 11.3 Å². The van der Waals surface area contributed by atoms with Crippen molar-refractivity contribution >= 4 is 22.5 Å². The number of aromatic nitrogens is 2. The Morgan fingerprint density at radius 2 is 2.31 bits per heavy atom. The van der Waals surface area contributed by atoms with Crippen LogP contribution in [0.2, 0.25) is 5.02 Å². The van der Waals surface area contributed by atoms with Crippen molar-refractivity contribution in [2.24, 2.45) is 0 Å². The number of hydrogen-bond acceptors (Lipinski definition) is 3. The zero-order valence-corrected chi connectivity index (χ0v) is 9.11. The molecule has 0 aliphatic carbocycles. The van der Waals surface area contributed by atoms with Gasteiger partial charge in [-0.2, -0.15) is 5.26 Å². The standard InChI is InChI=1S/C11H8ClN3O/c12-9-4-1-3-8-10(9)14-7-15(11(8)16)6-2-5-13/h1,3-4,7H,2,6H2. The minimum Gasteiger partial charge on any atom is -0.298 e. The monoisotopic (exact) mass is 233 g/mol. The second kappa shape index (κ2) is 4.33. The van der Waals surface area contributed by atoms with Gasteiger partial charge in [0.05, 0.1) is 34.7 Å². The summed E-state index contributed by atoms with van der Waals surface area (Å²) in [6.07, 6.45) is 1.71. The zero-order chi connectivity index (χ0) is 11.5. The number of fused-ring (bicyclic) bond motifs is 1. The van der Waals surface area contributed by atoms with Gasteiger partial charge < -0.3 is 0 Å². The zero-order valence-electron chi connectivity index (χ0n) is 8.35. The molecule has 0 atom stereocenters. The maximum atomic E-state index is 11.9. The Morgan fingerprint density at radius 3 is 3.06 bits per heavy atom. The molecule has 0 aliphatic heterocycles. The van der Waals surface area contributed by atoms with Crippen LogP contribution in [0.15, 0.2) is 29.3 Å². The molecule has 2 rings (SSSR count). The third-order valence-corrected chi connectivity index (χ3v) is 2.57. The lowest BCUT2D eigenvalue weighted by molar-refractivity contribution is 0.678. The van der Waals surface area contributed by atoms with Crippen molar-refractivity contribution in [3.05, 3.63) is 39.9 Å². The van der Waals surface area contributed by atoms with Gasteiger partial charge in [-0.05, 0) is 12.1 Å². The fourth-order valence-corrected chi connectivity index (χ4v) is 1.71. The molecule has 0 unspecified atom stereocenters. The van der Waals surface area contributed by atoms with Gasteiger partial charge in [-0.25, -0.2) is 4.98 Å². The van der Waals surface area contributed by atoms with E-state index >= 15 is 0 Å². The smallest absolute Gasteiger partial charge is 0.261 e. The predicted molar refractivity (Wildman–Crippen MR) is 61.2 cm³/mol. The first-order valence-electron chi connectivity index (χ1n) is 4.74. The molecular weight excluding hydrogens is 226 g/mol. The summed E-state index contributed by atoms with van der Waals surface area (Å²) in [4.78, 5) is 16.1. The van der Waals surface area contributed by atoms with E-state index in [1.165, 1.54) is 10.9 Å². The maximum absolute atomic E-state index is 11.9. The summed E-state index contributed by atoms with van der Waals surface area (Å²) < 4.78 is 1.42. The highest BCUT2D eigenvalue weighted by atomic mass is 35.5. The third-order valence-electron chi connectivity index (χ3n) is 2.27. The lowest BCUT2D eigenvalue weighted by atomic mass is 10.2. The normalized spacial score (nSPS) is 10.2. The van der Waals surface area contributed by atoms with Crippen LogP contribution in [0.4, 0.5) is 0 Å². The van der Waals surface area contributed by atoms with Crippen molar-refractivity contribution in [2.45, 2.75) is 13.0 Å². The summed E-state index contributed by atoms with van der Waals surface area (Å²) in [6.45, 7) is 0.352. The molecule has 0 aliphatic rings. The molecule has 2 aromatic rings. The molecule has 0 fully saturated rings. The van der Waals surface area contributed by atoms with E-state index < -0.39 is 0 Å². The number of halogens is 1. The summed E-state index contributed by atoms with van der Waals surface area (Å²) in [7, 11) is 0. The fourth-order valence-electron chi connectivity index (χ4n) is 1.48. The van der Waals surface area contributed by atoms with Crippen LogP contribution in [0.1, 0.15) is 6.42 Å². The lowest BCUT2D eigenvalue weighted by Gasteiger charge is -2.04. The SMILES string of the molecule is N#CCCn1cnc2c(Cl)cccc2c1=O. The van der Waals surface area contributed by atoms with E-state index in [2.05, 4.69) is 4.98 Å². The highest BCUT2D eigenvalue weighted by Crippen LogP contribution is 2.17. The summed E-state index contributed by atoms with van der Waals surface area (Å²) in [6, 6.07) is 7.07. The third kappa shape index (κ3) is 1.77.